The van der Waals surface area contributed by atoms with Crippen molar-refractivity contribution in [2.24, 2.45) is 5.73 Å². The summed E-state index contributed by atoms with van der Waals surface area (Å²) in [5, 5.41) is 8.59. The molecule has 0 aromatic carbocycles. The minimum Gasteiger partial charge on any atom is -0.480 e. The number of nitrogens with one attached hydrogen (secondary N) is 1. The third-order valence-corrected chi connectivity index (χ3v) is 4.40. The summed E-state index contributed by atoms with van der Waals surface area (Å²) in [5.41, 5.74) is 5.25. The number of nitrogens with zero attached hydrogens (tertiary/aromatic N) is 2. The van der Waals surface area contributed by atoms with Crippen LogP contribution in [-0.2, 0) is 15.0 Å². The molecule has 0 aromatic rings. The number of hydrogen-bond donors (Lipinski definition) is 3. The number of carboxylic acids is 1. The van der Waals surface area contributed by atoms with Gasteiger partial charge < -0.3 is 15.7 Å². The largest absolute Gasteiger partial charge is 0.480 e. The normalized spacial score (nSPS) is 21.4. The van der Waals surface area contributed by atoms with Gasteiger partial charge in [0, 0.05) is 26.2 Å². The Hall–Kier alpha value is -0.740. The zero-order valence-corrected chi connectivity index (χ0v) is 11.2. The summed E-state index contributed by atoms with van der Waals surface area (Å²) in [6, 6.07) is -1.23. The molecular weight excluding hydrogens is 260 g/mol. The number of hydrogen-bond acceptors (Lipinski definition) is 5. The lowest BCUT2D eigenvalue weighted by Crippen LogP contribution is -2.48. The van der Waals surface area contributed by atoms with E-state index in [2.05, 4.69) is 9.62 Å². The van der Waals surface area contributed by atoms with Gasteiger partial charge in [0.1, 0.15) is 6.04 Å². The Morgan fingerprint density at radius 2 is 2.06 bits per heavy atom. The van der Waals surface area contributed by atoms with Gasteiger partial charge in [-0.2, -0.15) is 17.4 Å². The molecule has 1 atom stereocenters. The molecule has 1 saturated heterocycles. The van der Waals surface area contributed by atoms with E-state index < -0.39 is 22.2 Å². The lowest BCUT2D eigenvalue weighted by Gasteiger charge is -2.21. The highest BCUT2D eigenvalue weighted by atomic mass is 32.2. The second-order valence-corrected chi connectivity index (χ2v) is 6.11. The monoisotopic (exact) mass is 280 g/mol. The maximum absolute atomic E-state index is 11.9. The molecule has 4 N–H and O–H groups in total. The number of carboxylic acid groups (broad SMARTS) is 1. The van der Waals surface area contributed by atoms with Crippen molar-refractivity contribution in [2.45, 2.75) is 12.5 Å². The zero-order valence-electron chi connectivity index (χ0n) is 10.4. The lowest BCUT2D eigenvalue weighted by atomic mass is 10.3. The Labute approximate surface area is 107 Å². The fraction of sp³-hybridized carbons (Fsp3) is 0.889. The molecule has 1 aliphatic heterocycles. The zero-order chi connectivity index (χ0) is 13.8. The number of carbonyl (C=O) groups is 1. The number of likely N-dealkylation sites (N-methyl/N-ethyl adjacent to an activating group) is 1. The van der Waals surface area contributed by atoms with Crippen molar-refractivity contribution >= 4 is 16.2 Å². The van der Waals surface area contributed by atoms with Gasteiger partial charge in [-0.1, -0.05) is 0 Å². The first-order valence-corrected chi connectivity index (χ1v) is 7.18. The molecule has 1 aliphatic rings. The van der Waals surface area contributed by atoms with E-state index in [9.17, 15) is 13.2 Å². The molecule has 1 rings (SSSR count). The molecule has 9 heteroatoms. The smallest absolute Gasteiger partial charge is 0.321 e. The van der Waals surface area contributed by atoms with E-state index in [0.717, 1.165) is 13.0 Å². The van der Waals surface area contributed by atoms with Crippen LogP contribution in [0, 0.1) is 0 Å². The molecule has 18 heavy (non-hydrogen) atoms. The van der Waals surface area contributed by atoms with Crippen LogP contribution in [-0.4, -0.2) is 74.5 Å². The number of nitrogens with two attached hydrogens (primary N) is 1. The first kappa shape index (κ1) is 15.3. The predicted octanol–water partition coefficient (Wildman–Crippen LogP) is -2.13. The van der Waals surface area contributed by atoms with Crippen LogP contribution in [0.5, 0.6) is 0 Å². The summed E-state index contributed by atoms with van der Waals surface area (Å²) in [4.78, 5) is 12.6. The Bertz CT molecular complexity index is 386. The fourth-order valence-corrected chi connectivity index (χ4v) is 2.90. The summed E-state index contributed by atoms with van der Waals surface area (Å²) in [7, 11) is -1.71. The third-order valence-electron chi connectivity index (χ3n) is 2.82. The maximum atomic E-state index is 11.9. The second-order valence-electron chi connectivity index (χ2n) is 4.35. The molecule has 0 aromatic heterocycles. The van der Waals surface area contributed by atoms with Gasteiger partial charge in [0.2, 0.25) is 0 Å². The maximum Gasteiger partial charge on any atom is 0.321 e. The Morgan fingerprint density at radius 1 is 1.39 bits per heavy atom. The molecular formula is C9H20N4O4S. The topological polar surface area (TPSA) is 116 Å². The van der Waals surface area contributed by atoms with Crippen LogP contribution in [0.1, 0.15) is 6.42 Å². The molecule has 0 bridgehead atoms. The minimum atomic E-state index is -3.65. The SMILES string of the molecule is CN1CCCN(S(=O)(=O)NC[C@H](N)C(=O)O)CC1. The van der Waals surface area contributed by atoms with Crippen LogP contribution in [0.4, 0.5) is 0 Å². The van der Waals surface area contributed by atoms with Crippen molar-refractivity contribution in [3.63, 3.8) is 0 Å². The van der Waals surface area contributed by atoms with Gasteiger partial charge in [0.25, 0.3) is 10.2 Å². The van der Waals surface area contributed by atoms with E-state index in [1.807, 2.05) is 7.05 Å². The molecule has 0 radical (unpaired) electrons. The lowest BCUT2D eigenvalue weighted by molar-refractivity contribution is -0.138. The van der Waals surface area contributed by atoms with Gasteiger partial charge in [-0.3, -0.25) is 4.79 Å². The van der Waals surface area contributed by atoms with E-state index in [-0.39, 0.29) is 6.54 Å². The van der Waals surface area contributed by atoms with Gasteiger partial charge in [0.05, 0.1) is 0 Å². The summed E-state index contributed by atoms with van der Waals surface area (Å²) >= 11 is 0. The standard InChI is InChI=1S/C9H20N4O4S/c1-12-3-2-4-13(6-5-12)18(16,17)11-7-8(10)9(14)15/h8,11H,2-7,10H2,1H3,(H,14,15)/t8-/m0/s1. The van der Waals surface area contributed by atoms with Crippen molar-refractivity contribution in [3.05, 3.63) is 0 Å². The van der Waals surface area contributed by atoms with Crippen LogP contribution in [0.2, 0.25) is 0 Å². The van der Waals surface area contributed by atoms with Crippen LogP contribution in [0.3, 0.4) is 0 Å². The van der Waals surface area contributed by atoms with E-state index in [1.165, 1.54) is 4.31 Å². The van der Waals surface area contributed by atoms with Gasteiger partial charge in [-0.05, 0) is 20.0 Å². The van der Waals surface area contributed by atoms with E-state index >= 15 is 0 Å². The average Bonchev–Trinajstić information content (AvgIpc) is 2.51. The molecule has 0 amide bonds. The molecule has 0 aliphatic carbocycles. The van der Waals surface area contributed by atoms with Gasteiger partial charge in [-0.15, -0.1) is 0 Å². The van der Waals surface area contributed by atoms with Crippen molar-refractivity contribution in [1.29, 1.82) is 0 Å². The Kier molecular flexibility index (Phi) is 5.47. The van der Waals surface area contributed by atoms with E-state index in [4.69, 9.17) is 10.8 Å². The van der Waals surface area contributed by atoms with Crippen molar-refractivity contribution in [3.8, 4) is 0 Å². The Morgan fingerprint density at radius 3 is 2.67 bits per heavy atom. The minimum absolute atomic E-state index is 0.302. The highest BCUT2D eigenvalue weighted by Gasteiger charge is 2.25. The van der Waals surface area contributed by atoms with Gasteiger partial charge >= 0.3 is 5.97 Å². The molecule has 106 valence electrons. The van der Waals surface area contributed by atoms with Gasteiger partial charge in [0.15, 0.2) is 0 Å². The Balaban J connectivity index is 2.54. The summed E-state index contributed by atoms with van der Waals surface area (Å²) < 4.78 is 27.4. The van der Waals surface area contributed by atoms with E-state index in [1.54, 1.807) is 0 Å². The fourth-order valence-electron chi connectivity index (χ4n) is 1.64. The van der Waals surface area contributed by atoms with Crippen molar-refractivity contribution < 1.29 is 18.3 Å². The molecule has 1 heterocycles. The molecule has 0 spiro atoms. The summed E-state index contributed by atoms with van der Waals surface area (Å²) in [5.74, 6) is -1.23. The first-order chi connectivity index (χ1) is 8.33. The second kappa shape index (κ2) is 6.43. The quantitative estimate of drug-likeness (QED) is 0.530. The predicted molar refractivity (Wildman–Crippen MR) is 66.2 cm³/mol. The molecule has 0 saturated carbocycles. The summed E-state index contributed by atoms with van der Waals surface area (Å²) in [6.07, 6.45) is 0.752. The van der Waals surface area contributed by atoms with Crippen LogP contribution in [0.25, 0.3) is 0 Å². The van der Waals surface area contributed by atoms with Crippen molar-refractivity contribution in [2.75, 3.05) is 39.8 Å². The van der Waals surface area contributed by atoms with Gasteiger partial charge in [-0.25, -0.2) is 0 Å². The van der Waals surface area contributed by atoms with Crippen LogP contribution >= 0.6 is 0 Å². The van der Waals surface area contributed by atoms with E-state index in [0.29, 0.717) is 19.6 Å². The van der Waals surface area contributed by atoms with Crippen molar-refractivity contribution in [1.82, 2.24) is 13.9 Å². The third kappa shape index (κ3) is 4.50. The number of aliphatic carboxylic acids is 1. The van der Waals surface area contributed by atoms with Crippen LogP contribution in [0.15, 0.2) is 0 Å². The molecule has 1 fully saturated rings. The average molecular weight is 280 g/mol. The number of rotatable bonds is 5. The highest BCUT2D eigenvalue weighted by molar-refractivity contribution is 7.87. The molecule has 8 nitrogen and oxygen atoms in total. The highest BCUT2D eigenvalue weighted by Crippen LogP contribution is 2.05. The first-order valence-electron chi connectivity index (χ1n) is 5.74. The van der Waals surface area contributed by atoms with Crippen LogP contribution < -0.4 is 10.5 Å². The molecule has 0 unspecified atom stereocenters. The summed E-state index contributed by atoms with van der Waals surface area (Å²) in [6.45, 7) is 2.03.